The molecule has 16 heavy (non-hydrogen) atoms. The Morgan fingerprint density at radius 2 is 1.19 bits per heavy atom. The molecular weight excluding hydrogens is 204 g/mol. The number of hydrogen-bond donors (Lipinski definition) is 0. The summed E-state index contributed by atoms with van der Waals surface area (Å²) in [6.07, 6.45) is 11.7. The van der Waals surface area contributed by atoms with E-state index in [1.54, 1.807) is 36.5 Å². The molecule has 0 aromatic rings. The van der Waals surface area contributed by atoms with Crippen LogP contribution in [0.3, 0.4) is 0 Å². The number of aliphatic imine (C=N–C) groups is 2. The second kappa shape index (κ2) is 4.84. The number of carbonyl (C=O) groups excluding carboxylic acids is 2. The van der Waals surface area contributed by atoms with Crippen LogP contribution < -0.4 is 0 Å². The second-order valence-electron chi connectivity index (χ2n) is 3.76. The van der Waals surface area contributed by atoms with E-state index in [-0.39, 0.29) is 0 Å². The summed E-state index contributed by atoms with van der Waals surface area (Å²) >= 11 is 0. The predicted molar refractivity (Wildman–Crippen MR) is 60.6 cm³/mol. The summed E-state index contributed by atoms with van der Waals surface area (Å²) in [5.41, 5.74) is -1.25. The third-order valence-corrected chi connectivity index (χ3v) is 2.96. The molecule has 0 heterocycles. The average Bonchev–Trinajstić information content (AvgIpc) is 2.33. The zero-order valence-corrected chi connectivity index (χ0v) is 9.43. The van der Waals surface area contributed by atoms with Crippen molar-refractivity contribution in [1.29, 1.82) is 0 Å². The molecule has 0 saturated carbocycles. The first-order chi connectivity index (χ1) is 7.66. The van der Waals surface area contributed by atoms with E-state index in [9.17, 15) is 9.59 Å². The van der Waals surface area contributed by atoms with Gasteiger partial charge in [-0.15, -0.1) is 0 Å². The van der Waals surface area contributed by atoms with E-state index in [1.165, 1.54) is 0 Å². The number of isocyanates is 2. The maximum absolute atomic E-state index is 10.3. The first-order valence-corrected chi connectivity index (χ1v) is 5.25. The van der Waals surface area contributed by atoms with E-state index in [2.05, 4.69) is 9.98 Å². The number of hydrogen-bond acceptors (Lipinski definition) is 4. The highest BCUT2D eigenvalue weighted by Gasteiger charge is 2.31. The van der Waals surface area contributed by atoms with Gasteiger partial charge in [0.05, 0.1) is 0 Å². The van der Waals surface area contributed by atoms with Gasteiger partial charge in [0.15, 0.2) is 0 Å². The highest BCUT2D eigenvalue weighted by Crippen LogP contribution is 2.31. The van der Waals surface area contributed by atoms with Crippen LogP contribution >= 0.6 is 0 Å². The Labute approximate surface area is 94.5 Å². The summed E-state index contributed by atoms with van der Waals surface area (Å²) in [4.78, 5) is 28.2. The Hall–Kier alpha value is -1.76. The third kappa shape index (κ3) is 2.25. The molecule has 0 aromatic heterocycles. The van der Waals surface area contributed by atoms with Gasteiger partial charge in [-0.2, -0.15) is 9.98 Å². The molecule has 0 radical (unpaired) electrons. The first kappa shape index (κ1) is 12.3. The molecule has 0 unspecified atom stereocenters. The van der Waals surface area contributed by atoms with Crippen LogP contribution in [-0.4, -0.2) is 23.2 Å². The van der Waals surface area contributed by atoms with Crippen molar-refractivity contribution >= 4 is 12.2 Å². The zero-order chi connectivity index (χ0) is 12.1. The van der Waals surface area contributed by atoms with Gasteiger partial charge in [0.1, 0.15) is 11.1 Å². The molecule has 0 N–H and O–H groups in total. The van der Waals surface area contributed by atoms with Gasteiger partial charge in [0.25, 0.3) is 0 Å². The van der Waals surface area contributed by atoms with Gasteiger partial charge >= 0.3 is 0 Å². The van der Waals surface area contributed by atoms with Gasteiger partial charge in [-0.25, -0.2) is 9.59 Å². The van der Waals surface area contributed by atoms with Crippen molar-refractivity contribution in [2.45, 2.75) is 37.8 Å². The van der Waals surface area contributed by atoms with Crippen molar-refractivity contribution in [3.8, 4) is 0 Å². The average molecular weight is 218 g/mol. The van der Waals surface area contributed by atoms with Crippen molar-refractivity contribution < 1.29 is 9.59 Å². The first-order valence-electron chi connectivity index (χ1n) is 5.25. The van der Waals surface area contributed by atoms with E-state index >= 15 is 0 Å². The van der Waals surface area contributed by atoms with E-state index < -0.39 is 11.1 Å². The lowest BCUT2D eigenvalue weighted by atomic mass is 9.83. The van der Waals surface area contributed by atoms with Crippen LogP contribution in [0.15, 0.2) is 34.3 Å². The van der Waals surface area contributed by atoms with Gasteiger partial charge in [-0.05, 0) is 12.8 Å². The second-order valence-corrected chi connectivity index (χ2v) is 3.76. The normalized spacial score (nSPS) is 31.6. The molecule has 0 bridgehead atoms. The van der Waals surface area contributed by atoms with Crippen molar-refractivity contribution in [1.82, 2.24) is 0 Å². The molecule has 1 aliphatic rings. The predicted octanol–water partition coefficient (Wildman–Crippen LogP) is 2.08. The monoisotopic (exact) mass is 218 g/mol. The van der Waals surface area contributed by atoms with Crippen LogP contribution in [0, 0.1) is 0 Å². The molecule has 84 valence electrons. The van der Waals surface area contributed by atoms with E-state index in [0.29, 0.717) is 12.8 Å². The Kier molecular flexibility index (Phi) is 3.73. The van der Waals surface area contributed by atoms with Crippen LogP contribution in [0.2, 0.25) is 0 Å². The molecule has 4 nitrogen and oxygen atoms in total. The van der Waals surface area contributed by atoms with Crippen molar-refractivity contribution in [3.63, 3.8) is 0 Å². The van der Waals surface area contributed by atoms with E-state index in [0.717, 1.165) is 0 Å². The van der Waals surface area contributed by atoms with Crippen LogP contribution in [0.4, 0.5) is 0 Å². The highest BCUT2D eigenvalue weighted by atomic mass is 16.1. The molecule has 1 aliphatic carbocycles. The molecule has 0 aliphatic heterocycles. The molecule has 0 fully saturated rings. The minimum Gasteiger partial charge on any atom is -0.211 e. The lowest BCUT2D eigenvalue weighted by molar-refractivity contribution is 0.526. The largest absolute Gasteiger partial charge is 0.236 e. The summed E-state index contributed by atoms with van der Waals surface area (Å²) in [6.45, 7) is 3.86. The molecule has 0 aromatic carbocycles. The summed E-state index contributed by atoms with van der Waals surface area (Å²) in [5.74, 6) is 0. The van der Waals surface area contributed by atoms with Gasteiger partial charge < -0.3 is 0 Å². The summed E-state index contributed by atoms with van der Waals surface area (Å²) in [7, 11) is 0. The van der Waals surface area contributed by atoms with Crippen LogP contribution in [0.5, 0.6) is 0 Å². The maximum Gasteiger partial charge on any atom is 0.236 e. The Morgan fingerprint density at radius 3 is 1.38 bits per heavy atom. The van der Waals surface area contributed by atoms with Gasteiger partial charge in [0, 0.05) is 0 Å². The lowest BCUT2D eigenvalue weighted by Crippen LogP contribution is -2.30. The van der Waals surface area contributed by atoms with E-state index in [1.807, 2.05) is 13.8 Å². The molecule has 1 rings (SSSR count). The smallest absolute Gasteiger partial charge is 0.211 e. The fourth-order valence-electron chi connectivity index (χ4n) is 1.64. The van der Waals surface area contributed by atoms with Gasteiger partial charge in [-0.1, -0.05) is 38.2 Å². The Balaban J connectivity index is 3.10. The fourth-order valence-corrected chi connectivity index (χ4v) is 1.64. The van der Waals surface area contributed by atoms with E-state index in [4.69, 9.17) is 0 Å². The van der Waals surface area contributed by atoms with Crippen molar-refractivity contribution in [2.24, 2.45) is 9.98 Å². The molecule has 4 heteroatoms. The summed E-state index contributed by atoms with van der Waals surface area (Å²) in [5, 5.41) is 0. The Bertz CT molecular complexity index is 359. The molecule has 0 spiro atoms. The number of rotatable bonds is 4. The quantitative estimate of drug-likeness (QED) is 0.412. The molecule has 0 saturated heterocycles. The van der Waals surface area contributed by atoms with Crippen LogP contribution in [0.1, 0.15) is 26.7 Å². The molecular formula is C12H14N2O2. The molecule has 0 amide bonds. The minimum absolute atomic E-state index is 0.626. The maximum atomic E-state index is 10.3. The summed E-state index contributed by atoms with van der Waals surface area (Å²) in [6, 6.07) is 0. The van der Waals surface area contributed by atoms with Crippen LogP contribution in [-0.2, 0) is 9.59 Å². The fraction of sp³-hybridized carbons (Fsp3) is 0.500. The zero-order valence-electron chi connectivity index (χ0n) is 9.43. The third-order valence-electron chi connectivity index (χ3n) is 2.96. The van der Waals surface area contributed by atoms with Gasteiger partial charge in [-0.3, -0.25) is 0 Å². The van der Waals surface area contributed by atoms with Crippen molar-refractivity contribution in [3.05, 3.63) is 24.3 Å². The topological polar surface area (TPSA) is 58.9 Å². The lowest BCUT2D eigenvalue weighted by Gasteiger charge is -2.28. The SMILES string of the molecule is CCC1(N=C=O)C=CC(CC)(N=C=O)C=C1. The summed E-state index contributed by atoms with van der Waals surface area (Å²) < 4.78 is 0. The Morgan fingerprint density at radius 1 is 0.875 bits per heavy atom. The number of nitrogens with zero attached hydrogens (tertiary/aromatic N) is 2. The highest BCUT2D eigenvalue weighted by molar-refractivity contribution is 5.45. The standard InChI is InChI=1S/C12H14N2O2/c1-3-11(13-9-15)5-7-12(4-2,8-6-11)14-10-16/h5-8H,3-4H2,1-2H3. The molecule has 0 atom stereocenters. The van der Waals surface area contributed by atoms with Crippen molar-refractivity contribution in [2.75, 3.05) is 0 Å². The van der Waals surface area contributed by atoms with Crippen LogP contribution in [0.25, 0.3) is 0 Å². The minimum atomic E-state index is -0.626. The van der Waals surface area contributed by atoms with Gasteiger partial charge in [0.2, 0.25) is 12.2 Å².